The van der Waals surface area contributed by atoms with Crippen molar-refractivity contribution in [2.75, 3.05) is 0 Å². The molecule has 0 aliphatic carbocycles. The highest BCUT2D eigenvalue weighted by molar-refractivity contribution is 6.32. The molecule has 6 heteroatoms. The third-order valence-corrected chi connectivity index (χ3v) is 4.69. The van der Waals surface area contributed by atoms with Crippen LogP contribution in [0.25, 0.3) is 39.4 Å². The van der Waals surface area contributed by atoms with Crippen LogP contribution in [0.15, 0.2) is 72.8 Å². The minimum absolute atomic E-state index is 0.304. The van der Waals surface area contributed by atoms with Crippen molar-refractivity contribution < 1.29 is 4.39 Å². The van der Waals surface area contributed by atoms with Crippen molar-refractivity contribution in [2.45, 2.75) is 0 Å². The van der Waals surface area contributed by atoms with E-state index >= 15 is 0 Å². The van der Waals surface area contributed by atoms with Crippen LogP contribution in [0.5, 0.6) is 0 Å². The third-order valence-electron chi connectivity index (χ3n) is 4.37. The van der Waals surface area contributed by atoms with Crippen LogP contribution >= 0.6 is 11.6 Å². The lowest BCUT2D eigenvalue weighted by Gasteiger charge is -2.10. The lowest BCUT2D eigenvalue weighted by atomic mass is 10.2. The van der Waals surface area contributed by atoms with E-state index in [1.165, 1.54) is 12.1 Å². The molecule has 2 aromatic heterocycles. The van der Waals surface area contributed by atoms with Gasteiger partial charge in [0.25, 0.3) is 0 Å². The van der Waals surface area contributed by atoms with Gasteiger partial charge in [-0.1, -0.05) is 35.9 Å². The molecule has 0 N–H and O–H groups in total. The van der Waals surface area contributed by atoms with E-state index in [1.807, 2.05) is 53.1 Å². The van der Waals surface area contributed by atoms with E-state index in [4.69, 9.17) is 16.6 Å². The van der Waals surface area contributed by atoms with Gasteiger partial charge < -0.3 is 0 Å². The Bertz CT molecular complexity index is 1300. The standard InChI is InChI=1S/C21H12ClFN4/c22-15-5-1-4-8-18(15)27-20(13-9-11-14(23)12-10-13)26-19-21(27)25-17-7-3-2-6-16(17)24-19/h1-12H. The molecular formula is C21H12ClFN4. The van der Waals surface area contributed by atoms with Crippen LogP contribution < -0.4 is 0 Å². The lowest BCUT2D eigenvalue weighted by molar-refractivity contribution is 0.628. The van der Waals surface area contributed by atoms with Gasteiger partial charge in [0.1, 0.15) is 11.6 Å². The first kappa shape index (κ1) is 15.9. The first-order chi connectivity index (χ1) is 13.2. The fourth-order valence-corrected chi connectivity index (χ4v) is 3.33. The van der Waals surface area contributed by atoms with Crippen molar-refractivity contribution in [3.63, 3.8) is 0 Å². The van der Waals surface area contributed by atoms with Gasteiger partial charge in [-0.3, -0.25) is 4.57 Å². The molecule has 0 amide bonds. The normalized spacial score (nSPS) is 11.3. The van der Waals surface area contributed by atoms with Gasteiger partial charge in [-0.15, -0.1) is 0 Å². The van der Waals surface area contributed by atoms with Crippen LogP contribution in [0.2, 0.25) is 5.02 Å². The van der Waals surface area contributed by atoms with Gasteiger partial charge in [0.2, 0.25) is 0 Å². The molecule has 0 aliphatic rings. The zero-order valence-electron chi connectivity index (χ0n) is 14.0. The first-order valence-corrected chi connectivity index (χ1v) is 8.74. The molecule has 4 nitrogen and oxygen atoms in total. The highest BCUT2D eigenvalue weighted by atomic mass is 35.5. The van der Waals surface area contributed by atoms with E-state index in [1.54, 1.807) is 12.1 Å². The Morgan fingerprint density at radius 2 is 1.41 bits per heavy atom. The number of halogens is 2. The summed E-state index contributed by atoms with van der Waals surface area (Å²) in [6.07, 6.45) is 0. The molecule has 5 aromatic rings. The lowest BCUT2D eigenvalue weighted by Crippen LogP contribution is -2.00. The average Bonchev–Trinajstić information content (AvgIpc) is 3.05. The van der Waals surface area contributed by atoms with Gasteiger partial charge in [0.05, 0.1) is 21.7 Å². The average molecular weight is 375 g/mol. The van der Waals surface area contributed by atoms with E-state index in [2.05, 4.69) is 9.97 Å². The molecule has 3 aromatic carbocycles. The molecule has 0 saturated carbocycles. The van der Waals surface area contributed by atoms with Gasteiger partial charge >= 0.3 is 0 Å². The number of benzene rings is 3. The fraction of sp³-hybridized carbons (Fsp3) is 0. The summed E-state index contributed by atoms with van der Waals surface area (Å²) in [5, 5.41) is 0.565. The van der Waals surface area contributed by atoms with Crippen molar-refractivity contribution in [1.29, 1.82) is 0 Å². The largest absolute Gasteiger partial charge is 0.274 e. The van der Waals surface area contributed by atoms with Gasteiger partial charge in [-0.2, -0.15) is 0 Å². The summed E-state index contributed by atoms with van der Waals surface area (Å²) in [7, 11) is 0. The number of imidazole rings is 1. The minimum Gasteiger partial charge on any atom is -0.274 e. The number of hydrogen-bond acceptors (Lipinski definition) is 3. The fourth-order valence-electron chi connectivity index (χ4n) is 3.11. The van der Waals surface area contributed by atoms with Crippen molar-refractivity contribution in [3.8, 4) is 17.1 Å². The van der Waals surface area contributed by atoms with Crippen molar-refractivity contribution >= 4 is 33.9 Å². The minimum atomic E-state index is -0.304. The Morgan fingerprint density at radius 3 is 2.15 bits per heavy atom. The Balaban J connectivity index is 1.90. The van der Waals surface area contributed by atoms with E-state index < -0.39 is 0 Å². The predicted octanol–water partition coefficient (Wildman–Crippen LogP) is 5.43. The summed E-state index contributed by atoms with van der Waals surface area (Å²) >= 11 is 6.46. The maximum Gasteiger partial charge on any atom is 0.199 e. The van der Waals surface area contributed by atoms with Gasteiger partial charge in [0, 0.05) is 5.56 Å². The van der Waals surface area contributed by atoms with Crippen molar-refractivity contribution in [1.82, 2.24) is 19.5 Å². The summed E-state index contributed by atoms with van der Waals surface area (Å²) in [5.74, 6) is 0.301. The van der Waals surface area contributed by atoms with Crippen LogP contribution in [0.1, 0.15) is 0 Å². The maximum absolute atomic E-state index is 13.4. The Morgan fingerprint density at radius 1 is 0.741 bits per heavy atom. The summed E-state index contributed by atoms with van der Waals surface area (Å²) in [5.41, 5.74) is 4.13. The number of fused-ring (bicyclic) bond motifs is 2. The van der Waals surface area contributed by atoms with Crippen LogP contribution in [0.4, 0.5) is 4.39 Å². The SMILES string of the molecule is Fc1ccc(-c2nc3nc4ccccc4nc3n2-c2ccccc2Cl)cc1. The Kier molecular flexibility index (Phi) is 3.62. The van der Waals surface area contributed by atoms with Gasteiger partial charge in [0.15, 0.2) is 11.3 Å². The van der Waals surface area contributed by atoms with E-state index in [0.29, 0.717) is 22.1 Å². The molecular weight excluding hydrogens is 363 g/mol. The van der Waals surface area contributed by atoms with E-state index in [0.717, 1.165) is 22.3 Å². The van der Waals surface area contributed by atoms with Crippen molar-refractivity contribution in [2.24, 2.45) is 0 Å². The molecule has 0 radical (unpaired) electrons. The Hall–Kier alpha value is -3.31. The van der Waals surface area contributed by atoms with E-state index in [-0.39, 0.29) is 5.82 Å². The number of para-hydroxylation sites is 3. The molecule has 0 unspecified atom stereocenters. The monoisotopic (exact) mass is 374 g/mol. The summed E-state index contributed by atoms with van der Waals surface area (Å²) in [6, 6.07) is 21.3. The quantitative estimate of drug-likeness (QED) is 0.414. The predicted molar refractivity (Wildman–Crippen MR) is 105 cm³/mol. The maximum atomic E-state index is 13.4. The van der Waals surface area contributed by atoms with Crippen LogP contribution in [0, 0.1) is 5.82 Å². The highest BCUT2D eigenvalue weighted by Gasteiger charge is 2.19. The summed E-state index contributed by atoms with van der Waals surface area (Å²) < 4.78 is 15.3. The van der Waals surface area contributed by atoms with Crippen molar-refractivity contribution in [3.05, 3.63) is 83.6 Å². The molecule has 130 valence electrons. The molecule has 0 bridgehead atoms. The molecule has 0 saturated heterocycles. The second-order valence-corrected chi connectivity index (χ2v) is 6.50. The third kappa shape index (κ3) is 2.64. The molecule has 0 aliphatic heterocycles. The topological polar surface area (TPSA) is 43.6 Å². The number of nitrogens with zero attached hydrogens (tertiary/aromatic N) is 4. The molecule has 5 rings (SSSR count). The smallest absolute Gasteiger partial charge is 0.199 e. The second kappa shape index (κ2) is 6.14. The zero-order chi connectivity index (χ0) is 18.4. The highest BCUT2D eigenvalue weighted by Crippen LogP contribution is 2.31. The summed E-state index contributed by atoms with van der Waals surface area (Å²) in [4.78, 5) is 14.1. The van der Waals surface area contributed by atoms with Crippen LogP contribution in [-0.4, -0.2) is 19.5 Å². The molecule has 0 fully saturated rings. The Labute approximate surface area is 158 Å². The molecule has 0 atom stereocenters. The van der Waals surface area contributed by atoms with Crippen LogP contribution in [0.3, 0.4) is 0 Å². The van der Waals surface area contributed by atoms with Gasteiger partial charge in [-0.05, 0) is 48.5 Å². The molecule has 0 spiro atoms. The number of hydrogen-bond donors (Lipinski definition) is 0. The second-order valence-electron chi connectivity index (χ2n) is 6.09. The summed E-state index contributed by atoms with van der Waals surface area (Å²) in [6.45, 7) is 0. The van der Waals surface area contributed by atoms with E-state index in [9.17, 15) is 4.39 Å². The first-order valence-electron chi connectivity index (χ1n) is 8.37. The number of rotatable bonds is 2. The molecule has 2 heterocycles. The van der Waals surface area contributed by atoms with Gasteiger partial charge in [-0.25, -0.2) is 19.3 Å². The molecule has 27 heavy (non-hydrogen) atoms. The zero-order valence-corrected chi connectivity index (χ0v) is 14.7. The van der Waals surface area contributed by atoms with Crippen LogP contribution in [-0.2, 0) is 0 Å². The number of aromatic nitrogens is 4.